The van der Waals surface area contributed by atoms with E-state index in [4.69, 9.17) is 0 Å². The normalized spacial score (nSPS) is 17.2. The smallest absolute Gasteiger partial charge is 0.233 e. The van der Waals surface area contributed by atoms with Gasteiger partial charge in [0, 0.05) is 44.0 Å². The summed E-state index contributed by atoms with van der Waals surface area (Å²) in [6.07, 6.45) is 3.72. The number of amides is 1. The van der Waals surface area contributed by atoms with Crippen molar-refractivity contribution in [1.82, 2.24) is 19.8 Å². The summed E-state index contributed by atoms with van der Waals surface area (Å²) in [5, 5.41) is 3.37. The summed E-state index contributed by atoms with van der Waals surface area (Å²) in [5.41, 5.74) is 2.48. The molecular formula is C18H25ClN4OS. The van der Waals surface area contributed by atoms with E-state index in [0.29, 0.717) is 5.75 Å². The van der Waals surface area contributed by atoms with Crippen molar-refractivity contribution in [3.8, 4) is 0 Å². The molecule has 1 aliphatic heterocycles. The van der Waals surface area contributed by atoms with E-state index in [-0.39, 0.29) is 24.4 Å². The van der Waals surface area contributed by atoms with Crippen LogP contribution in [-0.2, 0) is 11.8 Å². The second-order valence-electron chi connectivity index (χ2n) is 6.26. The van der Waals surface area contributed by atoms with E-state index in [0.717, 1.165) is 25.5 Å². The number of rotatable bonds is 4. The van der Waals surface area contributed by atoms with Crippen molar-refractivity contribution in [2.75, 3.05) is 25.4 Å². The van der Waals surface area contributed by atoms with E-state index in [1.807, 2.05) is 22.7 Å². The lowest BCUT2D eigenvalue weighted by molar-refractivity contribution is -0.131. The van der Waals surface area contributed by atoms with Gasteiger partial charge in [0.05, 0.1) is 5.75 Å². The Morgan fingerprint density at radius 1 is 1.40 bits per heavy atom. The number of halogens is 1. The van der Waals surface area contributed by atoms with Gasteiger partial charge in [0.15, 0.2) is 0 Å². The molecule has 1 aliphatic rings. The van der Waals surface area contributed by atoms with Gasteiger partial charge in [-0.15, -0.1) is 24.2 Å². The number of aromatic nitrogens is 2. The van der Waals surface area contributed by atoms with Crippen molar-refractivity contribution in [2.24, 2.45) is 7.05 Å². The first-order valence-corrected chi connectivity index (χ1v) is 9.22. The number of nitrogens with zero attached hydrogens (tertiary/aromatic N) is 3. The van der Waals surface area contributed by atoms with Crippen LogP contribution >= 0.6 is 24.2 Å². The minimum absolute atomic E-state index is 0. The molecule has 1 aromatic carbocycles. The molecule has 1 amide bonds. The van der Waals surface area contributed by atoms with Crippen molar-refractivity contribution in [3.63, 3.8) is 0 Å². The molecule has 1 atom stereocenters. The lowest BCUT2D eigenvalue weighted by Gasteiger charge is -2.35. The molecule has 2 heterocycles. The fourth-order valence-corrected chi connectivity index (χ4v) is 4.01. The van der Waals surface area contributed by atoms with Crippen LogP contribution in [0, 0.1) is 13.8 Å². The summed E-state index contributed by atoms with van der Waals surface area (Å²) in [5.74, 6) is 1.58. The lowest BCUT2D eigenvalue weighted by atomic mass is 10.1. The predicted molar refractivity (Wildman–Crippen MR) is 104 cm³/mol. The van der Waals surface area contributed by atoms with E-state index in [1.54, 1.807) is 18.0 Å². The topological polar surface area (TPSA) is 50.2 Å². The highest BCUT2D eigenvalue weighted by Gasteiger charge is 2.30. The van der Waals surface area contributed by atoms with Crippen molar-refractivity contribution < 1.29 is 4.79 Å². The highest BCUT2D eigenvalue weighted by molar-refractivity contribution is 8.00. The predicted octanol–water partition coefficient (Wildman–Crippen LogP) is 2.72. The Morgan fingerprint density at radius 2 is 2.20 bits per heavy atom. The third-order valence-corrected chi connectivity index (χ3v) is 5.56. The molecule has 2 aromatic rings. The molecule has 1 N–H and O–H groups in total. The monoisotopic (exact) mass is 380 g/mol. The molecule has 136 valence electrons. The van der Waals surface area contributed by atoms with Gasteiger partial charge >= 0.3 is 0 Å². The summed E-state index contributed by atoms with van der Waals surface area (Å²) >= 11 is 1.62. The van der Waals surface area contributed by atoms with Crippen molar-refractivity contribution >= 4 is 30.1 Å². The standard InChI is InChI=1S/C18H24N4OS.ClH/c1-13-4-5-16(14(2)10-13)24-12-17(23)22-9-6-19-11-15(22)18-20-7-8-21(18)3;/h4-5,7-8,10,15,19H,6,9,11-12H2,1-3H3;1H. The summed E-state index contributed by atoms with van der Waals surface area (Å²) in [6.45, 7) is 6.50. The number of nitrogens with one attached hydrogen (secondary N) is 1. The Balaban J connectivity index is 0.00000225. The first-order chi connectivity index (χ1) is 11.6. The second-order valence-corrected chi connectivity index (χ2v) is 7.28. The summed E-state index contributed by atoms with van der Waals surface area (Å²) in [7, 11) is 1.98. The van der Waals surface area contributed by atoms with Crippen LogP contribution in [-0.4, -0.2) is 45.7 Å². The number of carbonyl (C=O) groups excluding carboxylic acids is 1. The summed E-state index contributed by atoms with van der Waals surface area (Å²) in [4.78, 5) is 20.4. The van der Waals surface area contributed by atoms with E-state index in [2.05, 4.69) is 42.3 Å². The molecule has 5 nitrogen and oxygen atoms in total. The number of imidazole rings is 1. The molecule has 0 bridgehead atoms. The molecule has 0 saturated carbocycles. The average Bonchev–Trinajstić information content (AvgIpc) is 2.99. The first-order valence-electron chi connectivity index (χ1n) is 8.23. The van der Waals surface area contributed by atoms with E-state index in [9.17, 15) is 4.79 Å². The van der Waals surface area contributed by atoms with Gasteiger partial charge in [-0.25, -0.2) is 4.98 Å². The molecule has 0 radical (unpaired) electrons. The van der Waals surface area contributed by atoms with Crippen molar-refractivity contribution in [2.45, 2.75) is 24.8 Å². The van der Waals surface area contributed by atoms with Gasteiger partial charge in [-0.05, 0) is 25.5 Å². The Kier molecular flexibility index (Phi) is 6.93. The number of carbonyl (C=O) groups is 1. The van der Waals surface area contributed by atoms with Crippen molar-refractivity contribution in [3.05, 3.63) is 47.5 Å². The zero-order chi connectivity index (χ0) is 17.1. The van der Waals surface area contributed by atoms with E-state index < -0.39 is 0 Å². The van der Waals surface area contributed by atoms with Crippen molar-refractivity contribution in [1.29, 1.82) is 0 Å². The summed E-state index contributed by atoms with van der Waals surface area (Å²) < 4.78 is 2.00. The number of aryl methyl sites for hydroxylation is 3. The minimum atomic E-state index is 0. The first kappa shape index (κ1) is 19.8. The zero-order valence-corrected chi connectivity index (χ0v) is 16.5. The number of hydrogen-bond donors (Lipinski definition) is 1. The SMILES string of the molecule is Cc1ccc(SCC(=O)N2CCNCC2c2nccn2C)c(C)c1.Cl. The molecule has 0 aliphatic carbocycles. The molecule has 1 unspecified atom stereocenters. The van der Waals surface area contributed by atoms with E-state index in [1.165, 1.54) is 16.0 Å². The number of piperazine rings is 1. The Labute approximate surface area is 159 Å². The molecule has 7 heteroatoms. The third-order valence-electron chi connectivity index (χ3n) is 4.40. The van der Waals surface area contributed by atoms with Gasteiger partial charge in [-0.2, -0.15) is 0 Å². The summed E-state index contributed by atoms with van der Waals surface area (Å²) in [6, 6.07) is 6.37. The average molecular weight is 381 g/mol. The van der Waals surface area contributed by atoms with Crippen LogP contribution < -0.4 is 5.32 Å². The minimum Gasteiger partial charge on any atom is -0.336 e. The molecule has 1 fully saturated rings. The van der Waals surface area contributed by atoms with Crippen LogP contribution in [0.5, 0.6) is 0 Å². The molecular weight excluding hydrogens is 356 g/mol. The number of thioether (sulfide) groups is 1. The maximum atomic E-state index is 12.8. The number of hydrogen-bond acceptors (Lipinski definition) is 4. The molecule has 1 aromatic heterocycles. The van der Waals surface area contributed by atoms with Gasteiger partial charge in [0.2, 0.25) is 5.91 Å². The highest BCUT2D eigenvalue weighted by Crippen LogP contribution is 2.26. The molecule has 1 saturated heterocycles. The quantitative estimate of drug-likeness (QED) is 0.828. The lowest BCUT2D eigenvalue weighted by Crippen LogP contribution is -2.50. The van der Waals surface area contributed by atoms with Gasteiger partial charge in [0.1, 0.15) is 11.9 Å². The molecule has 25 heavy (non-hydrogen) atoms. The van der Waals surface area contributed by atoms with Crippen LogP contribution in [0.25, 0.3) is 0 Å². The van der Waals surface area contributed by atoms with Crippen LogP contribution in [0.1, 0.15) is 23.0 Å². The fourth-order valence-electron chi connectivity index (χ4n) is 3.12. The van der Waals surface area contributed by atoms with E-state index >= 15 is 0 Å². The van der Waals surface area contributed by atoms with Gasteiger partial charge in [-0.3, -0.25) is 4.79 Å². The number of benzene rings is 1. The fraction of sp³-hybridized carbons (Fsp3) is 0.444. The van der Waals surface area contributed by atoms with Gasteiger partial charge in [0.25, 0.3) is 0 Å². The largest absolute Gasteiger partial charge is 0.336 e. The maximum Gasteiger partial charge on any atom is 0.233 e. The highest BCUT2D eigenvalue weighted by atomic mass is 35.5. The van der Waals surface area contributed by atoms with Gasteiger partial charge in [-0.1, -0.05) is 17.7 Å². The molecule has 3 rings (SSSR count). The van der Waals surface area contributed by atoms with Crippen LogP contribution in [0.3, 0.4) is 0 Å². The second kappa shape index (κ2) is 8.74. The maximum absolute atomic E-state index is 12.8. The Morgan fingerprint density at radius 3 is 2.88 bits per heavy atom. The molecule has 0 spiro atoms. The van der Waals surface area contributed by atoms with Crippen LogP contribution in [0.2, 0.25) is 0 Å². The Bertz CT molecular complexity index is 734. The zero-order valence-electron chi connectivity index (χ0n) is 14.9. The van der Waals surface area contributed by atoms with Crippen LogP contribution in [0.4, 0.5) is 0 Å². The van der Waals surface area contributed by atoms with Gasteiger partial charge < -0.3 is 14.8 Å². The third kappa shape index (κ3) is 4.57. The van der Waals surface area contributed by atoms with Crippen LogP contribution in [0.15, 0.2) is 35.5 Å². The Hall–Kier alpha value is -1.50.